The number of ketones is 1. The lowest BCUT2D eigenvalue weighted by molar-refractivity contribution is -0.387. The van der Waals surface area contributed by atoms with Crippen molar-refractivity contribution in [3.05, 3.63) is 99.6 Å². The summed E-state index contributed by atoms with van der Waals surface area (Å²) in [6, 6.07) is 21.7. The third kappa shape index (κ3) is 5.47. The Morgan fingerprint density at radius 3 is 2.38 bits per heavy atom. The molecule has 0 radical (unpaired) electrons. The number of nitrogens with zero attached hydrogens (tertiary/aromatic N) is 2. The fourth-order valence-electron chi connectivity index (χ4n) is 2.88. The van der Waals surface area contributed by atoms with Crippen molar-refractivity contribution in [1.82, 2.24) is 0 Å². The second-order valence-corrected chi connectivity index (χ2v) is 7.71. The predicted molar refractivity (Wildman–Crippen MR) is 122 cm³/mol. The normalized spacial score (nSPS) is 10.8. The number of nitro benzene ring substituents is 1. The Labute approximate surface area is 188 Å². The fraction of sp³-hybridized carbons (Fsp3) is 0.0417. The molecule has 0 fully saturated rings. The highest BCUT2D eigenvalue weighted by Gasteiger charge is 2.18. The maximum absolute atomic E-state index is 12.6. The van der Waals surface area contributed by atoms with Crippen molar-refractivity contribution < 1.29 is 14.5 Å². The maximum atomic E-state index is 12.6. The molecule has 32 heavy (non-hydrogen) atoms. The summed E-state index contributed by atoms with van der Waals surface area (Å²) in [6.07, 6.45) is 1.34. The Kier molecular flexibility index (Phi) is 7.16. The van der Waals surface area contributed by atoms with Crippen LogP contribution in [0.1, 0.15) is 22.8 Å². The number of Topliss-reactive ketones (excluding diaryl/α,β-unsaturated/α-hetero) is 1. The molecule has 0 atom stereocenters. The number of nitriles is 1. The topological polar surface area (TPSA) is 113 Å². The number of hydrogen-bond acceptors (Lipinski definition) is 6. The molecule has 8 heteroatoms. The number of benzene rings is 3. The van der Waals surface area contributed by atoms with Crippen LogP contribution in [0.25, 0.3) is 6.08 Å². The van der Waals surface area contributed by atoms with E-state index in [1.165, 1.54) is 19.1 Å². The number of anilines is 1. The number of allylic oxidation sites excluding steroid dienone is 1. The van der Waals surface area contributed by atoms with Crippen LogP contribution in [0.3, 0.4) is 0 Å². The number of amides is 1. The summed E-state index contributed by atoms with van der Waals surface area (Å²) in [5.74, 6) is -0.710. The average Bonchev–Trinajstić information content (AvgIpc) is 2.79. The minimum absolute atomic E-state index is 0.123. The molecule has 0 unspecified atom stereocenters. The van der Waals surface area contributed by atoms with Gasteiger partial charge in [-0.2, -0.15) is 5.26 Å². The van der Waals surface area contributed by atoms with Crippen LogP contribution in [0.5, 0.6) is 0 Å². The Hall–Kier alpha value is -4.22. The van der Waals surface area contributed by atoms with E-state index in [0.29, 0.717) is 26.6 Å². The highest BCUT2D eigenvalue weighted by atomic mass is 32.2. The number of carbonyl (C=O) groups excluding carboxylic acids is 2. The molecule has 3 aromatic rings. The highest BCUT2D eigenvalue weighted by molar-refractivity contribution is 7.99. The molecule has 3 aromatic carbocycles. The minimum atomic E-state index is -0.522. The zero-order valence-corrected chi connectivity index (χ0v) is 17.8. The van der Waals surface area contributed by atoms with Crippen molar-refractivity contribution in [1.29, 1.82) is 5.26 Å². The highest BCUT2D eigenvalue weighted by Crippen LogP contribution is 2.39. The SMILES string of the molecule is CC(=O)Nc1ccccc1Sc1ccc(/C=C(/C#N)C(=O)c2ccccc2)cc1[N+](=O)[O-]. The van der Waals surface area contributed by atoms with Crippen LogP contribution in [-0.2, 0) is 4.79 Å². The van der Waals surface area contributed by atoms with Crippen LogP contribution in [0.4, 0.5) is 11.4 Å². The van der Waals surface area contributed by atoms with E-state index in [-0.39, 0.29) is 17.2 Å². The molecule has 0 aliphatic rings. The Morgan fingerprint density at radius 1 is 1.03 bits per heavy atom. The van der Waals surface area contributed by atoms with Crippen LogP contribution < -0.4 is 5.32 Å². The van der Waals surface area contributed by atoms with Gasteiger partial charge in [-0.25, -0.2) is 0 Å². The Balaban J connectivity index is 1.96. The molecule has 0 bridgehead atoms. The van der Waals surface area contributed by atoms with Gasteiger partial charge in [-0.15, -0.1) is 0 Å². The van der Waals surface area contributed by atoms with E-state index in [1.54, 1.807) is 66.7 Å². The summed E-state index contributed by atoms with van der Waals surface area (Å²) in [5.41, 5.74) is 0.963. The predicted octanol–water partition coefficient (Wildman–Crippen LogP) is 5.49. The first kappa shape index (κ1) is 22.5. The van der Waals surface area contributed by atoms with Gasteiger partial charge in [0.2, 0.25) is 11.7 Å². The molecule has 0 saturated heterocycles. The summed E-state index contributed by atoms with van der Waals surface area (Å²) >= 11 is 1.14. The molecular formula is C24H17N3O4S. The van der Waals surface area contributed by atoms with Gasteiger partial charge in [-0.05, 0) is 29.8 Å². The van der Waals surface area contributed by atoms with E-state index in [9.17, 15) is 25.0 Å². The van der Waals surface area contributed by atoms with Gasteiger partial charge >= 0.3 is 0 Å². The van der Waals surface area contributed by atoms with Gasteiger partial charge in [-0.3, -0.25) is 19.7 Å². The van der Waals surface area contributed by atoms with Crippen LogP contribution in [-0.4, -0.2) is 16.6 Å². The van der Waals surface area contributed by atoms with Crippen molar-refractivity contribution in [3.63, 3.8) is 0 Å². The molecule has 7 nitrogen and oxygen atoms in total. The van der Waals surface area contributed by atoms with E-state index in [2.05, 4.69) is 5.32 Å². The van der Waals surface area contributed by atoms with Crippen molar-refractivity contribution in [3.8, 4) is 6.07 Å². The van der Waals surface area contributed by atoms with Crippen molar-refractivity contribution >= 4 is 40.9 Å². The summed E-state index contributed by atoms with van der Waals surface area (Å²) in [7, 11) is 0. The molecular weight excluding hydrogens is 426 g/mol. The van der Waals surface area contributed by atoms with Crippen LogP contribution >= 0.6 is 11.8 Å². The Bertz CT molecular complexity index is 1260. The summed E-state index contributed by atoms with van der Waals surface area (Å²) < 4.78 is 0. The maximum Gasteiger partial charge on any atom is 0.283 e. The molecule has 0 aliphatic carbocycles. The van der Waals surface area contributed by atoms with E-state index in [4.69, 9.17) is 0 Å². The average molecular weight is 443 g/mol. The van der Waals surface area contributed by atoms with Crippen LogP contribution in [0.15, 0.2) is 88.2 Å². The number of nitro groups is 1. The van der Waals surface area contributed by atoms with E-state index in [1.807, 2.05) is 6.07 Å². The number of para-hydroxylation sites is 1. The van der Waals surface area contributed by atoms with Crippen molar-refractivity contribution in [2.24, 2.45) is 0 Å². The summed E-state index contributed by atoms with van der Waals surface area (Å²) in [5, 5.41) is 23.8. The number of hydrogen-bond donors (Lipinski definition) is 1. The Morgan fingerprint density at radius 2 is 1.72 bits per heavy atom. The largest absolute Gasteiger partial charge is 0.325 e. The molecule has 1 N–H and O–H groups in total. The lowest BCUT2D eigenvalue weighted by Crippen LogP contribution is -2.06. The first-order chi connectivity index (χ1) is 15.4. The third-order valence-corrected chi connectivity index (χ3v) is 5.45. The first-order valence-electron chi connectivity index (χ1n) is 9.43. The molecule has 158 valence electrons. The smallest absolute Gasteiger partial charge is 0.283 e. The fourth-order valence-corrected chi connectivity index (χ4v) is 3.87. The van der Waals surface area contributed by atoms with Gasteiger partial charge in [0.15, 0.2) is 0 Å². The van der Waals surface area contributed by atoms with Crippen LogP contribution in [0, 0.1) is 21.4 Å². The molecule has 0 aromatic heterocycles. The molecule has 0 heterocycles. The van der Waals surface area contributed by atoms with Gasteiger partial charge in [0, 0.05) is 23.4 Å². The lowest BCUT2D eigenvalue weighted by atomic mass is 10.0. The second-order valence-electron chi connectivity index (χ2n) is 6.63. The van der Waals surface area contributed by atoms with E-state index in [0.717, 1.165) is 11.8 Å². The van der Waals surface area contributed by atoms with E-state index < -0.39 is 10.7 Å². The standard InChI is InChI=1S/C24H17N3O4S/c1-16(28)26-20-9-5-6-10-22(20)32-23-12-11-17(14-21(23)27(30)31)13-19(15-25)24(29)18-7-3-2-4-8-18/h2-14H,1H3,(H,26,28)/b19-13-. The minimum Gasteiger partial charge on any atom is -0.325 e. The van der Waals surface area contributed by atoms with E-state index >= 15 is 0 Å². The molecule has 1 amide bonds. The zero-order valence-electron chi connectivity index (χ0n) is 16.9. The first-order valence-corrected chi connectivity index (χ1v) is 10.2. The zero-order chi connectivity index (χ0) is 23.1. The van der Waals surface area contributed by atoms with Crippen molar-refractivity contribution in [2.75, 3.05) is 5.32 Å². The summed E-state index contributed by atoms with van der Waals surface area (Å²) in [6.45, 7) is 1.38. The van der Waals surface area contributed by atoms with Crippen molar-refractivity contribution in [2.45, 2.75) is 16.7 Å². The molecule has 0 saturated carbocycles. The second kappa shape index (κ2) is 10.2. The molecule has 0 spiro atoms. The lowest BCUT2D eigenvalue weighted by Gasteiger charge is -2.10. The van der Waals surface area contributed by atoms with Gasteiger partial charge in [0.1, 0.15) is 11.6 Å². The molecule has 3 rings (SSSR count). The number of rotatable bonds is 7. The third-order valence-electron chi connectivity index (χ3n) is 4.31. The van der Waals surface area contributed by atoms with Crippen LogP contribution in [0.2, 0.25) is 0 Å². The quantitative estimate of drug-likeness (QED) is 0.170. The van der Waals surface area contributed by atoms with Gasteiger partial charge in [-0.1, -0.05) is 60.3 Å². The number of nitrogens with one attached hydrogen (secondary N) is 1. The van der Waals surface area contributed by atoms with Gasteiger partial charge < -0.3 is 5.32 Å². The summed E-state index contributed by atoms with van der Waals surface area (Å²) in [4.78, 5) is 36.2. The van der Waals surface area contributed by atoms with Gasteiger partial charge in [0.05, 0.1) is 15.5 Å². The molecule has 0 aliphatic heterocycles. The monoisotopic (exact) mass is 443 g/mol. The van der Waals surface area contributed by atoms with Gasteiger partial charge in [0.25, 0.3) is 5.69 Å². The number of carbonyl (C=O) groups is 2.